The minimum Gasteiger partial charge on any atom is -0.478 e. The van der Waals surface area contributed by atoms with Crippen LogP contribution in [0.15, 0.2) is 22.8 Å². The fraction of sp³-hybridized carbons (Fsp3) is 0.808. The van der Waals surface area contributed by atoms with Gasteiger partial charge < -0.3 is 35.0 Å². The van der Waals surface area contributed by atoms with E-state index in [-0.39, 0.29) is 16.7 Å². The van der Waals surface area contributed by atoms with E-state index in [9.17, 15) is 30.3 Å². The van der Waals surface area contributed by atoms with Gasteiger partial charge in [0, 0.05) is 11.5 Å². The van der Waals surface area contributed by atoms with Crippen molar-refractivity contribution in [2.24, 2.45) is 22.7 Å². The van der Waals surface area contributed by atoms with Gasteiger partial charge in [-0.25, -0.2) is 4.79 Å². The van der Waals surface area contributed by atoms with Gasteiger partial charge in [0.2, 0.25) is 0 Å². The molecule has 8 nitrogen and oxygen atoms in total. The predicted octanol–water partition coefficient (Wildman–Crippen LogP) is 2.15. The van der Waals surface area contributed by atoms with Crippen molar-refractivity contribution in [1.29, 1.82) is 0 Å². The number of carboxylic acid groups (broad SMARTS) is 1. The third kappa shape index (κ3) is 4.49. The van der Waals surface area contributed by atoms with Crippen LogP contribution in [0.3, 0.4) is 0 Å². The summed E-state index contributed by atoms with van der Waals surface area (Å²) in [5.41, 5.74) is 3.08. The van der Waals surface area contributed by atoms with E-state index in [1.165, 1.54) is 5.57 Å². The number of hydrogen-bond acceptors (Lipinski definition) is 7. The van der Waals surface area contributed by atoms with Gasteiger partial charge in [-0.1, -0.05) is 31.1 Å². The Balaban J connectivity index is 1.39. The van der Waals surface area contributed by atoms with Gasteiger partial charge in [-0.2, -0.15) is 0 Å². The molecule has 1 saturated carbocycles. The van der Waals surface area contributed by atoms with Crippen molar-refractivity contribution >= 4 is 5.97 Å². The zero-order chi connectivity index (χ0) is 24.8. The van der Waals surface area contributed by atoms with Gasteiger partial charge >= 0.3 is 5.97 Å². The Morgan fingerprint density at radius 3 is 2.56 bits per heavy atom. The minimum atomic E-state index is -1.44. The Hall–Kier alpha value is -1.29. The van der Waals surface area contributed by atoms with Crippen LogP contribution in [0, 0.1) is 22.7 Å². The highest BCUT2D eigenvalue weighted by molar-refractivity contribution is 5.88. The molecule has 3 aliphatic carbocycles. The van der Waals surface area contributed by atoms with E-state index in [0.717, 1.165) is 50.5 Å². The molecule has 0 radical (unpaired) electrons. The second-order valence-electron chi connectivity index (χ2n) is 11.5. The number of carboxylic acids is 1. The first-order chi connectivity index (χ1) is 16.0. The molecule has 0 amide bonds. The summed E-state index contributed by atoms with van der Waals surface area (Å²) in [5, 5.41) is 49.3. The van der Waals surface area contributed by atoms with E-state index in [2.05, 4.69) is 19.9 Å². The second kappa shape index (κ2) is 9.64. The molecule has 1 aliphatic heterocycles. The molecule has 0 aromatic rings. The summed E-state index contributed by atoms with van der Waals surface area (Å²) in [6.07, 6.45) is 2.34. The van der Waals surface area contributed by atoms with Crippen LogP contribution < -0.4 is 0 Å². The van der Waals surface area contributed by atoms with E-state index in [4.69, 9.17) is 9.47 Å². The lowest BCUT2D eigenvalue weighted by Crippen LogP contribution is -2.59. The van der Waals surface area contributed by atoms with Gasteiger partial charge in [0.15, 0.2) is 6.29 Å². The van der Waals surface area contributed by atoms with Crippen LogP contribution in [0.1, 0.15) is 65.7 Å². The summed E-state index contributed by atoms with van der Waals surface area (Å²) in [6, 6.07) is 0. The van der Waals surface area contributed by atoms with Crippen molar-refractivity contribution in [2.75, 3.05) is 13.2 Å². The Morgan fingerprint density at radius 2 is 1.88 bits per heavy atom. The quantitative estimate of drug-likeness (QED) is 0.365. The standard InChI is InChI=1S/C26H40O8/c1-14-6-9-26(3)16-7-8-25(2,12-15(16)4-5-17(26)19(14)23(31)32)10-11-33-24-22(30)21(29)20(28)18(13-27)34-24/h4,16-18,20-22,24,27-30H,5-13H2,1-3H3,(H,31,32)/t16-,17-,18+,20+,21-,22-,24-,25+,26+/m0/s1. The van der Waals surface area contributed by atoms with Crippen molar-refractivity contribution in [3.8, 4) is 0 Å². The Morgan fingerprint density at radius 1 is 1.15 bits per heavy atom. The molecule has 5 N–H and O–H groups in total. The summed E-state index contributed by atoms with van der Waals surface area (Å²) in [4.78, 5) is 12.0. The first kappa shape index (κ1) is 25.8. The van der Waals surface area contributed by atoms with Gasteiger partial charge in [-0.05, 0) is 68.6 Å². The molecule has 1 saturated heterocycles. The minimum absolute atomic E-state index is 0.00963. The average molecular weight is 481 g/mol. The molecule has 0 bridgehead atoms. The molecule has 8 heteroatoms. The van der Waals surface area contributed by atoms with Crippen molar-refractivity contribution in [2.45, 2.75) is 96.4 Å². The van der Waals surface area contributed by atoms with Crippen LogP contribution in [-0.2, 0) is 14.3 Å². The van der Waals surface area contributed by atoms with Crippen LogP contribution in [0.4, 0.5) is 0 Å². The molecule has 0 aromatic heterocycles. The van der Waals surface area contributed by atoms with Crippen LogP contribution in [0.5, 0.6) is 0 Å². The molecule has 0 unspecified atom stereocenters. The average Bonchev–Trinajstić information content (AvgIpc) is 2.79. The molecular weight excluding hydrogens is 440 g/mol. The normalized spacial score (nSPS) is 44.8. The number of aliphatic carboxylic acids is 1. The molecular formula is C26H40O8. The monoisotopic (exact) mass is 480 g/mol. The smallest absolute Gasteiger partial charge is 0.331 e. The molecule has 0 spiro atoms. The summed E-state index contributed by atoms with van der Waals surface area (Å²) in [5.74, 6) is -0.296. The third-order valence-corrected chi connectivity index (χ3v) is 9.24. The zero-order valence-electron chi connectivity index (χ0n) is 20.4. The van der Waals surface area contributed by atoms with Crippen molar-refractivity contribution in [1.82, 2.24) is 0 Å². The fourth-order valence-corrected chi connectivity index (χ4v) is 6.99. The summed E-state index contributed by atoms with van der Waals surface area (Å²) < 4.78 is 11.2. The maximum Gasteiger partial charge on any atom is 0.331 e. The predicted molar refractivity (Wildman–Crippen MR) is 124 cm³/mol. The number of hydrogen-bond donors (Lipinski definition) is 5. The van der Waals surface area contributed by atoms with E-state index in [1.54, 1.807) is 0 Å². The fourth-order valence-electron chi connectivity index (χ4n) is 6.99. The number of aliphatic hydroxyl groups excluding tert-OH is 4. The highest BCUT2D eigenvalue weighted by Crippen LogP contribution is 2.60. The molecule has 192 valence electrons. The first-order valence-corrected chi connectivity index (χ1v) is 12.5. The third-order valence-electron chi connectivity index (χ3n) is 9.24. The number of aliphatic hydroxyl groups is 4. The number of allylic oxidation sites excluding steroid dienone is 3. The van der Waals surface area contributed by atoms with Crippen LogP contribution in [0.2, 0.25) is 0 Å². The van der Waals surface area contributed by atoms with Gasteiger partial charge in [-0.15, -0.1) is 0 Å². The molecule has 2 fully saturated rings. The molecule has 4 rings (SSSR count). The molecule has 34 heavy (non-hydrogen) atoms. The summed E-state index contributed by atoms with van der Waals surface area (Å²) in [6.45, 7) is 6.34. The van der Waals surface area contributed by atoms with E-state index in [0.29, 0.717) is 18.1 Å². The Bertz CT molecular complexity index is 850. The molecule has 0 aromatic carbocycles. The van der Waals surface area contributed by atoms with E-state index >= 15 is 0 Å². The molecule has 4 aliphatic rings. The van der Waals surface area contributed by atoms with Crippen LogP contribution in [0.25, 0.3) is 0 Å². The maximum atomic E-state index is 12.0. The highest BCUT2D eigenvalue weighted by Gasteiger charge is 2.52. The van der Waals surface area contributed by atoms with Crippen molar-refractivity contribution in [3.63, 3.8) is 0 Å². The Labute approximate surface area is 201 Å². The van der Waals surface area contributed by atoms with Crippen LogP contribution in [-0.4, -0.2) is 75.4 Å². The molecule has 1 heterocycles. The Kier molecular flexibility index (Phi) is 7.31. The first-order valence-electron chi connectivity index (χ1n) is 12.5. The van der Waals surface area contributed by atoms with Gasteiger partial charge in [-0.3, -0.25) is 0 Å². The van der Waals surface area contributed by atoms with Gasteiger partial charge in [0.1, 0.15) is 24.4 Å². The van der Waals surface area contributed by atoms with Gasteiger partial charge in [0.25, 0.3) is 0 Å². The lowest BCUT2D eigenvalue weighted by molar-refractivity contribution is -0.302. The highest BCUT2D eigenvalue weighted by atomic mass is 16.7. The lowest BCUT2D eigenvalue weighted by atomic mass is 9.50. The number of fused-ring (bicyclic) bond motifs is 3. The van der Waals surface area contributed by atoms with Crippen LogP contribution >= 0.6 is 0 Å². The number of rotatable bonds is 6. The van der Waals surface area contributed by atoms with Crippen molar-refractivity contribution in [3.05, 3.63) is 22.8 Å². The summed E-state index contributed by atoms with van der Waals surface area (Å²) >= 11 is 0. The van der Waals surface area contributed by atoms with Crippen molar-refractivity contribution < 1.29 is 39.8 Å². The van der Waals surface area contributed by atoms with E-state index < -0.39 is 43.3 Å². The second-order valence-corrected chi connectivity index (χ2v) is 11.5. The largest absolute Gasteiger partial charge is 0.478 e. The summed E-state index contributed by atoms with van der Waals surface area (Å²) in [7, 11) is 0. The van der Waals surface area contributed by atoms with E-state index in [1.807, 2.05) is 6.92 Å². The van der Waals surface area contributed by atoms with Gasteiger partial charge in [0.05, 0.1) is 13.2 Å². The SMILES string of the molecule is CC1=C(C(=O)O)[C@@H]2CC=C3C[C@@](C)(CCO[C@H]4O[C@H](CO)[C@@H](O)[C@H](O)[C@@H]4O)CC[C@@H]3[C@@]2(C)CC1. The molecule has 9 atom stereocenters. The number of ether oxygens (including phenoxy) is 2. The number of carbonyl (C=O) groups is 1. The lowest BCUT2D eigenvalue weighted by Gasteiger charge is -2.54. The zero-order valence-corrected chi connectivity index (χ0v) is 20.4. The topological polar surface area (TPSA) is 137 Å². The maximum absolute atomic E-state index is 12.0.